The van der Waals surface area contributed by atoms with Gasteiger partial charge in [0.15, 0.2) is 0 Å². The summed E-state index contributed by atoms with van der Waals surface area (Å²) in [6.07, 6.45) is -0.618. The maximum absolute atomic E-state index is 11.6. The van der Waals surface area contributed by atoms with Crippen molar-refractivity contribution in [2.45, 2.75) is 52.3 Å². The Balaban J connectivity index is 2.41. The van der Waals surface area contributed by atoms with E-state index in [-0.39, 0.29) is 18.6 Å². The molecule has 2 N–H and O–H groups in total. The Morgan fingerprint density at radius 3 is 2.53 bits per heavy atom. The molecule has 0 spiro atoms. The Hall–Kier alpha value is -1.79. The first-order chi connectivity index (χ1) is 8.69. The van der Waals surface area contributed by atoms with E-state index < -0.39 is 17.7 Å². The van der Waals surface area contributed by atoms with Crippen LogP contribution in [0.25, 0.3) is 0 Å². The summed E-state index contributed by atoms with van der Waals surface area (Å²) in [7, 11) is 0. The van der Waals surface area contributed by atoms with Gasteiger partial charge in [0.05, 0.1) is 11.8 Å². The number of hydrogen-bond donors (Lipinski definition) is 2. The Bertz CT molecular complexity index is 383. The first-order valence-corrected chi connectivity index (χ1v) is 6.12. The zero-order valence-electron chi connectivity index (χ0n) is 11.9. The maximum atomic E-state index is 11.6. The average Bonchev–Trinajstić information content (AvgIpc) is 2.22. The molecule has 108 valence electrons. The third-order valence-electron chi connectivity index (χ3n) is 2.19. The van der Waals surface area contributed by atoms with E-state index in [1.807, 2.05) is 0 Å². The minimum atomic E-state index is -0.637. The quantitative estimate of drug-likeness (QED) is 0.449. The van der Waals surface area contributed by atoms with Crippen LogP contribution in [0.4, 0.5) is 4.79 Å². The summed E-state index contributed by atoms with van der Waals surface area (Å²) >= 11 is 0. The van der Waals surface area contributed by atoms with E-state index in [1.165, 1.54) is 0 Å². The number of nitrogens with zero attached hydrogens (tertiary/aromatic N) is 1. The van der Waals surface area contributed by atoms with E-state index in [0.29, 0.717) is 0 Å². The van der Waals surface area contributed by atoms with Gasteiger partial charge in [0.25, 0.3) is 0 Å². The van der Waals surface area contributed by atoms with Gasteiger partial charge in [0, 0.05) is 0 Å². The van der Waals surface area contributed by atoms with Crippen LogP contribution in [-0.4, -0.2) is 42.0 Å². The topological polar surface area (TPSA) is 89.0 Å². The Morgan fingerprint density at radius 1 is 1.42 bits per heavy atom. The highest BCUT2D eigenvalue weighted by molar-refractivity contribution is 5.92. The second kappa shape index (κ2) is 5.90. The predicted molar refractivity (Wildman–Crippen MR) is 69.8 cm³/mol. The molecule has 2 amide bonds. The molecule has 0 aromatic rings. The van der Waals surface area contributed by atoms with Gasteiger partial charge in [0.2, 0.25) is 5.91 Å². The summed E-state index contributed by atoms with van der Waals surface area (Å²) in [4.78, 5) is 28.0. The second-order valence-electron chi connectivity index (χ2n) is 5.57. The van der Waals surface area contributed by atoms with E-state index in [4.69, 9.17) is 9.57 Å². The lowest BCUT2D eigenvalue weighted by Crippen LogP contribution is -2.70. The Labute approximate surface area is 112 Å². The molecule has 1 fully saturated rings. The fourth-order valence-electron chi connectivity index (χ4n) is 1.43. The molecular formula is C12H21N3O4. The highest BCUT2D eigenvalue weighted by Crippen LogP contribution is 2.10. The fourth-order valence-corrected chi connectivity index (χ4v) is 1.43. The van der Waals surface area contributed by atoms with Gasteiger partial charge in [-0.15, -0.1) is 0 Å². The van der Waals surface area contributed by atoms with E-state index in [0.717, 1.165) is 5.71 Å². The minimum Gasteiger partial charge on any atom is -0.444 e. The molecule has 0 aliphatic carbocycles. The number of nitrogens with one attached hydrogen (secondary N) is 2. The van der Waals surface area contributed by atoms with Crippen molar-refractivity contribution >= 4 is 17.7 Å². The van der Waals surface area contributed by atoms with Crippen molar-refractivity contribution in [1.29, 1.82) is 0 Å². The molecule has 0 bridgehead atoms. The lowest BCUT2D eigenvalue weighted by Gasteiger charge is -2.36. The molecule has 1 saturated heterocycles. The smallest absolute Gasteiger partial charge is 0.408 e. The molecule has 1 aliphatic heterocycles. The van der Waals surface area contributed by atoms with Crippen molar-refractivity contribution in [2.75, 3.05) is 6.61 Å². The number of β-lactam (4-membered cyclic amide) rings is 1. The molecule has 1 aliphatic rings. The zero-order chi connectivity index (χ0) is 14.6. The van der Waals surface area contributed by atoms with Crippen molar-refractivity contribution in [3.05, 3.63) is 0 Å². The second-order valence-corrected chi connectivity index (χ2v) is 5.57. The summed E-state index contributed by atoms with van der Waals surface area (Å²) in [5.41, 5.74) is 0.183. The van der Waals surface area contributed by atoms with E-state index >= 15 is 0 Å². The summed E-state index contributed by atoms with van der Waals surface area (Å²) in [6, 6.07) is -0.926. The number of ether oxygens (including phenoxy) is 1. The SMILES string of the molecule is CC(C)=NOC[C@H]1NC(=O)[C@H]1NC(=O)OC(C)(C)C. The summed E-state index contributed by atoms with van der Waals surface area (Å²) in [6.45, 7) is 9.08. The van der Waals surface area contributed by atoms with Gasteiger partial charge >= 0.3 is 6.09 Å². The van der Waals surface area contributed by atoms with Gasteiger partial charge < -0.3 is 20.2 Å². The third kappa shape index (κ3) is 5.15. The third-order valence-corrected chi connectivity index (χ3v) is 2.19. The van der Waals surface area contributed by atoms with Crippen LogP contribution in [-0.2, 0) is 14.4 Å². The van der Waals surface area contributed by atoms with Gasteiger partial charge in [-0.2, -0.15) is 0 Å². The lowest BCUT2D eigenvalue weighted by molar-refractivity contribution is -0.133. The standard InChI is InChI=1S/C12H21N3O4/c1-7(2)15-18-6-8-9(10(16)13-8)14-11(17)19-12(3,4)5/h8-9H,6H2,1-5H3,(H,13,16)(H,14,17)/t8-,9+/m1/s1. The molecular weight excluding hydrogens is 250 g/mol. The number of carbonyl (C=O) groups is 2. The number of alkyl carbamates (subject to hydrolysis) is 1. The fraction of sp³-hybridized carbons (Fsp3) is 0.750. The van der Waals surface area contributed by atoms with E-state index in [9.17, 15) is 9.59 Å². The van der Waals surface area contributed by atoms with Crippen molar-refractivity contribution in [3.63, 3.8) is 0 Å². The number of carbonyl (C=O) groups excluding carboxylic acids is 2. The van der Waals surface area contributed by atoms with Crippen LogP contribution in [0.1, 0.15) is 34.6 Å². The van der Waals surface area contributed by atoms with Gasteiger partial charge in [-0.3, -0.25) is 4.79 Å². The van der Waals surface area contributed by atoms with E-state index in [2.05, 4.69) is 15.8 Å². The molecule has 2 atom stereocenters. The molecule has 0 unspecified atom stereocenters. The summed E-state index contributed by atoms with van der Waals surface area (Å²) in [5, 5.41) is 8.91. The first-order valence-electron chi connectivity index (χ1n) is 6.12. The van der Waals surface area contributed by atoms with Crippen LogP contribution < -0.4 is 10.6 Å². The van der Waals surface area contributed by atoms with Crippen molar-refractivity contribution in [3.8, 4) is 0 Å². The Kier molecular flexibility index (Phi) is 4.74. The van der Waals surface area contributed by atoms with Gasteiger partial charge in [-0.1, -0.05) is 5.16 Å². The molecule has 0 aromatic heterocycles. The van der Waals surface area contributed by atoms with Crippen molar-refractivity contribution in [1.82, 2.24) is 10.6 Å². The highest BCUT2D eigenvalue weighted by atomic mass is 16.6. The Morgan fingerprint density at radius 2 is 2.05 bits per heavy atom. The number of oxime groups is 1. The lowest BCUT2D eigenvalue weighted by atomic mass is 10.0. The number of hydrogen-bond acceptors (Lipinski definition) is 5. The summed E-state index contributed by atoms with van der Waals surface area (Å²) in [5.74, 6) is -0.253. The normalized spacial score (nSPS) is 21.8. The van der Waals surface area contributed by atoms with Crippen LogP contribution >= 0.6 is 0 Å². The molecule has 1 rings (SSSR count). The molecule has 19 heavy (non-hydrogen) atoms. The highest BCUT2D eigenvalue weighted by Gasteiger charge is 2.41. The van der Waals surface area contributed by atoms with Crippen LogP contribution in [0.2, 0.25) is 0 Å². The zero-order valence-corrected chi connectivity index (χ0v) is 11.9. The van der Waals surface area contributed by atoms with Gasteiger partial charge in [-0.25, -0.2) is 4.79 Å². The van der Waals surface area contributed by atoms with Crippen molar-refractivity contribution in [2.24, 2.45) is 5.16 Å². The predicted octanol–water partition coefficient (Wildman–Crippen LogP) is 0.790. The van der Waals surface area contributed by atoms with Gasteiger partial charge in [0.1, 0.15) is 18.2 Å². The van der Waals surface area contributed by atoms with Gasteiger partial charge in [-0.05, 0) is 34.6 Å². The maximum Gasteiger partial charge on any atom is 0.408 e. The number of rotatable bonds is 4. The molecule has 1 heterocycles. The molecule has 7 nitrogen and oxygen atoms in total. The largest absolute Gasteiger partial charge is 0.444 e. The minimum absolute atomic E-state index is 0.206. The van der Waals surface area contributed by atoms with Crippen LogP contribution in [0.3, 0.4) is 0 Å². The molecule has 0 aromatic carbocycles. The molecule has 7 heteroatoms. The first kappa shape index (κ1) is 15.3. The van der Waals surface area contributed by atoms with E-state index in [1.54, 1.807) is 34.6 Å². The van der Waals surface area contributed by atoms with Crippen LogP contribution in [0, 0.1) is 0 Å². The van der Waals surface area contributed by atoms with Crippen LogP contribution in [0.5, 0.6) is 0 Å². The monoisotopic (exact) mass is 271 g/mol. The summed E-state index contributed by atoms with van der Waals surface area (Å²) < 4.78 is 5.09. The van der Waals surface area contributed by atoms with Crippen molar-refractivity contribution < 1.29 is 19.2 Å². The molecule has 0 saturated carbocycles. The average molecular weight is 271 g/mol. The number of amides is 2. The van der Waals surface area contributed by atoms with Crippen LogP contribution in [0.15, 0.2) is 5.16 Å². The molecule has 0 radical (unpaired) electrons.